The van der Waals surface area contributed by atoms with Gasteiger partial charge in [-0.25, -0.2) is 5.43 Å². The molecule has 0 atom stereocenters. The molecule has 0 bridgehead atoms. The van der Waals surface area contributed by atoms with E-state index in [2.05, 4.69) is 31.4 Å². The highest BCUT2D eigenvalue weighted by atomic mass is 79.9. The van der Waals surface area contributed by atoms with Gasteiger partial charge in [0.15, 0.2) is 0 Å². The molecule has 3 aromatic rings. The second-order valence-electron chi connectivity index (χ2n) is 4.83. The molecule has 0 spiro atoms. The summed E-state index contributed by atoms with van der Waals surface area (Å²) in [6, 6.07) is 13.1. The van der Waals surface area contributed by atoms with Gasteiger partial charge in [-0.3, -0.25) is 4.79 Å². The average molecular weight is 372 g/mol. The Labute approximate surface area is 141 Å². The minimum absolute atomic E-state index is 0.328. The molecule has 116 valence electrons. The highest BCUT2D eigenvalue weighted by Crippen LogP contribution is 2.23. The van der Waals surface area contributed by atoms with Crippen molar-refractivity contribution in [3.05, 3.63) is 64.3 Å². The molecule has 0 unspecified atom stereocenters. The normalized spacial score (nSPS) is 11.0. The third kappa shape index (κ3) is 3.27. The SMILES string of the molecule is COc1cc(Br)ccc1C(=O)NN=Cc1c[nH]c2ccccc12. The van der Waals surface area contributed by atoms with Crippen LogP contribution in [0.4, 0.5) is 0 Å². The van der Waals surface area contributed by atoms with Gasteiger partial charge in [-0.1, -0.05) is 34.1 Å². The monoisotopic (exact) mass is 371 g/mol. The topological polar surface area (TPSA) is 66.5 Å². The average Bonchev–Trinajstić information content (AvgIpc) is 2.98. The van der Waals surface area contributed by atoms with Crippen molar-refractivity contribution in [1.82, 2.24) is 10.4 Å². The molecule has 1 amide bonds. The van der Waals surface area contributed by atoms with E-state index in [1.165, 1.54) is 7.11 Å². The molecule has 0 saturated carbocycles. The van der Waals surface area contributed by atoms with Crippen LogP contribution in [0.3, 0.4) is 0 Å². The van der Waals surface area contributed by atoms with Gasteiger partial charge < -0.3 is 9.72 Å². The number of methoxy groups -OCH3 is 1. The fourth-order valence-electron chi connectivity index (χ4n) is 2.27. The zero-order valence-corrected chi connectivity index (χ0v) is 13.9. The maximum atomic E-state index is 12.2. The van der Waals surface area contributed by atoms with Crippen LogP contribution in [0.5, 0.6) is 5.75 Å². The van der Waals surface area contributed by atoms with Gasteiger partial charge in [0.2, 0.25) is 0 Å². The lowest BCUT2D eigenvalue weighted by atomic mass is 10.2. The summed E-state index contributed by atoms with van der Waals surface area (Å²) in [4.78, 5) is 15.4. The zero-order valence-electron chi connectivity index (χ0n) is 12.3. The number of aromatic amines is 1. The molecule has 0 aliphatic carbocycles. The van der Waals surface area contributed by atoms with Crippen LogP contribution in [0.1, 0.15) is 15.9 Å². The smallest absolute Gasteiger partial charge is 0.275 e. The van der Waals surface area contributed by atoms with Gasteiger partial charge in [0.1, 0.15) is 5.75 Å². The Morgan fingerprint density at radius 1 is 1.30 bits per heavy atom. The summed E-state index contributed by atoms with van der Waals surface area (Å²) >= 11 is 3.34. The number of aromatic nitrogens is 1. The van der Waals surface area contributed by atoms with E-state index in [9.17, 15) is 4.79 Å². The number of nitrogens with zero attached hydrogens (tertiary/aromatic N) is 1. The van der Waals surface area contributed by atoms with Crippen LogP contribution in [0, 0.1) is 0 Å². The van der Waals surface area contributed by atoms with Crippen LogP contribution in [0.25, 0.3) is 10.9 Å². The molecule has 0 radical (unpaired) electrons. The summed E-state index contributed by atoms with van der Waals surface area (Å²) in [5.74, 6) is 0.157. The summed E-state index contributed by atoms with van der Waals surface area (Å²) in [6.45, 7) is 0. The van der Waals surface area contributed by atoms with Crippen molar-refractivity contribution in [3.8, 4) is 5.75 Å². The molecule has 23 heavy (non-hydrogen) atoms. The molecule has 6 heteroatoms. The van der Waals surface area contributed by atoms with Gasteiger partial charge in [0, 0.05) is 27.1 Å². The summed E-state index contributed by atoms with van der Waals surface area (Å²) in [6.07, 6.45) is 3.46. The highest BCUT2D eigenvalue weighted by molar-refractivity contribution is 9.10. The lowest BCUT2D eigenvalue weighted by Gasteiger charge is -2.07. The lowest BCUT2D eigenvalue weighted by Crippen LogP contribution is -2.18. The van der Waals surface area contributed by atoms with Crippen LogP contribution >= 0.6 is 15.9 Å². The first-order valence-corrected chi connectivity index (χ1v) is 7.71. The van der Waals surface area contributed by atoms with Crippen molar-refractivity contribution in [2.75, 3.05) is 7.11 Å². The first kappa shape index (κ1) is 15.3. The van der Waals surface area contributed by atoms with Gasteiger partial charge in [0.25, 0.3) is 5.91 Å². The molecule has 0 fully saturated rings. The minimum Gasteiger partial charge on any atom is -0.496 e. The summed E-state index contributed by atoms with van der Waals surface area (Å²) in [7, 11) is 1.52. The Bertz CT molecular complexity index is 886. The number of benzene rings is 2. The summed E-state index contributed by atoms with van der Waals surface area (Å²) in [5.41, 5.74) is 4.87. The van der Waals surface area contributed by atoms with E-state index in [1.54, 1.807) is 24.4 Å². The van der Waals surface area contributed by atoms with Gasteiger partial charge in [-0.2, -0.15) is 5.10 Å². The molecule has 1 heterocycles. The van der Waals surface area contributed by atoms with Crippen molar-refractivity contribution in [2.24, 2.45) is 5.10 Å². The largest absolute Gasteiger partial charge is 0.496 e. The molecule has 2 aromatic carbocycles. The molecular weight excluding hydrogens is 358 g/mol. The van der Waals surface area contributed by atoms with E-state index in [0.29, 0.717) is 11.3 Å². The number of para-hydroxylation sites is 1. The number of hydrogen-bond donors (Lipinski definition) is 2. The molecule has 5 nitrogen and oxygen atoms in total. The van der Waals surface area contributed by atoms with E-state index < -0.39 is 0 Å². The number of halogens is 1. The van der Waals surface area contributed by atoms with Crippen LogP contribution in [-0.2, 0) is 0 Å². The Hall–Kier alpha value is -2.60. The molecule has 0 aliphatic rings. The second kappa shape index (κ2) is 6.66. The minimum atomic E-state index is -0.328. The van der Waals surface area contributed by atoms with Gasteiger partial charge in [-0.05, 0) is 24.3 Å². The van der Waals surface area contributed by atoms with Crippen molar-refractivity contribution in [1.29, 1.82) is 0 Å². The maximum absolute atomic E-state index is 12.2. The fraction of sp³-hybridized carbons (Fsp3) is 0.0588. The Balaban J connectivity index is 1.76. The van der Waals surface area contributed by atoms with Gasteiger partial charge >= 0.3 is 0 Å². The predicted molar refractivity (Wildman–Crippen MR) is 94.1 cm³/mol. The van der Waals surface area contributed by atoms with Crippen LogP contribution in [-0.4, -0.2) is 24.2 Å². The Morgan fingerprint density at radius 3 is 2.96 bits per heavy atom. The van der Waals surface area contributed by atoms with Crippen LogP contribution < -0.4 is 10.2 Å². The fourth-order valence-corrected chi connectivity index (χ4v) is 2.61. The number of H-pyrrole nitrogens is 1. The lowest BCUT2D eigenvalue weighted by molar-refractivity contribution is 0.0952. The van der Waals surface area contributed by atoms with E-state index in [-0.39, 0.29) is 5.91 Å². The number of carbonyl (C=O) groups excluding carboxylic acids is 1. The molecule has 2 N–H and O–H groups in total. The number of carbonyl (C=O) groups is 1. The Kier molecular flexibility index (Phi) is 4.43. The number of hydrazone groups is 1. The van der Waals surface area contributed by atoms with Crippen LogP contribution in [0.15, 0.2) is 58.2 Å². The number of ether oxygens (including phenoxy) is 1. The van der Waals surface area contributed by atoms with E-state index >= 15 is 0 Å². The summed E-state index contributed by atoms with van der Waals surface area (Å²) < 4.78 is 6.05. The summed E-state index contributed by atoms with van der Waals surface area (Å²) in [5, 5.41) is 5.07. The van der Waals surface area contributed by atoms with Gasteiger partial charge in [0.05, 0.1) is 18.9 Å². The standard InChI is InChI=1S/C17H14BrN3O2/c1-23-16-8-12(18)6-7-14(16)17(22)21-20-10-11-9-19-15-5-3-2-4-13(11)15/h2-10,19H,1H3,(H,21,22). The van der Waals surface area contributed by atoms with E-state index in [4.69, 9.17) is 4.74 Å². The first-order chi connectivity index (χ1) is 11.2. The van der Waals surface area contributed by atoms with Crippen LogP contribution in [0.2, 0.25) is 0 Å². The van der Waals surface area contributed by atoms with Crippen molar-refractivity contribution < 1.29 is 9.53 Å². The zero-order chi connectivity index (χ0) is 16.2. The van der Waals surface area contributed by atoms with E-state index in [0.717, 1.165) is 20.9 Å². The molecule has 0 saturated heterocycles. The first-order valence-electron chi connectivity index (χ1n) is 6.92. The second-order valence-corrected chi connectivity index (χ2v) is 5.75. The third-order valence-corrected chi connectivity index (χ3v) is 3.89. The number of rotatable bonds is 4. The quantitative estimate of drug-likeness (QED) is 0.542. The van der Waals surface area contributed by atoms with Crippen molar-refractivity contribution >= 4 is 39.0 Å². The molecular formula is C17H14BrN3O2. The number of fused-ring (bicyclic) bond motifs is 1. The Morgan fingerprint density at radius 2 is 2.13 bits per heavy atom. The van der Waals surface area contributed by atoms with Crippen molar-refractivity contribution in [2.45, 2.75) is 0 Å². The number of hydrogen-bond acceptors (Lipinski definition) is 3. The third-order valence-electron chi connectivity index (χ3n) is 3.40. The maximum Gasteiger partial charge on any atom is 0.275 e. The predicted octanol–water partition coefficient (Wildman–Crippen LogP) is 3.70. The number of amides is 1. The highest BCUT2D eigenvalue weighted by Gasteiger charge is 2.11. The molecule has 1 aromatic heterocycles. The van der Waals surface area contributed by atoms with Gasteiger partial charge in [-0.15, -0.1) is 0 Å². The number of nitrogens with one attached hydrogen (secondary N) is 2. The molecule has 0 aliphatic heterocycles. The van der Waals surface area contributed by atoms with E-state index in [1.807, 2.05) is 30.5 Å². The van der Waals surface area contributed by atoms with Crippen molar-refractivity contribution in [3.63, 3.8) is 0 Å². The molecule has 3 rings (SSSR count).